The molecule has 1 aliphatic heterocycles. The quantitative estimate of drug-likeness (QED) is 0.922. The first kappa shape index (κ1) is 18.1. The van der Waals surface area contributed by atoms with Crippen molar-refractivity contribution in [2.24, 2.45) is 5.92 Å². The molecule has 6 heteroatoms. The molecule has 3 amide bonds. The molecule has 0 spiro atoms. The van der Waals surface area contributed by atoms with E-state index in [1.807, 2.05) is 32.9 Å². The number of nitrogens with one attached hydrogen (secondary N) is 1. The molecule has 0 saturated heterocycles. The van der Waals surface area contributed by atoms with Crippen molar-refractivity contribution in [3.05, 3.63) is 29.8 Å². The van der Waals surface area contributed by atoms with Crippen molar-refractivity contribution in [3.8, 4) is 5.75 Å². The molecule has 24 heavy (non-hydrogen) atoms. The molecule has 1 aliphatic rings. The van der Waals surface area contributed by atoms with Crippen LogP contribution in [0.4, 0.5) is 4.79 Å². The Morgan fingerprint density at radius 3 is 2.75 bits per heavy atom. The average molecular weight is 333 g/mol. The maximum absolute atomic E-state index is 12.5. The topological polar surface area (TPSA) is 61.9 Å². The molecule has 0 saturated carbocycles. The number of rotatable bonds is 3. The van der Waals surface area contributed by atoms with Gasteiger partial charge in [0.2, 0.25) is 0 Å². The Bertz CT molecular complexity index is 603. The van der Waals surface area contributed by atoms with Gasteiger partial charge in [0, 0.05) is 32.6 Å². The third kappa shape index (κ3) is 4.19. The van der Waals surface area contributed by atoms with Gasteiger partial charge in [-0.25, -0.2) is 4.79 Å². The van der Waals surface area contributed by atoms with E-state index in [2.05, 4.69) is 5.32 Å². The molecule has 0 unspecified atom stereocenters. The Morgan fingerprint density at radius 1 is 1.42 bits per heavy atom. The molecule has 0 fully saturated rings. The molecule has 0 bridgehead atoms. The Labute approximate surface area is 143 Å². The van der Waals surface area contributed by atoms with Crippen LogP contribution in [0, 0.1) is 5.92 Å². The van der Waals surface area contributed by atoms with Gasteiger partial charge in [0.25, 0.3) is 5.91 Å². The number of hydrogen-bond donors (Lipinski definition) is 1. The van der Waals surface area contributed by atoms with Crippen LogP contribution in [-0.4, -0.2) is 61.1 Å². The fraction of sp³-hybridized carbons (Fsp3) is 0.556. The summed E-state index contributed by atoms with van der Waals surface area (Å²) in [6.45, 7) is 6.93. The minimum Gasteiger partial charge on any atom is -0.487 e. The summed E-state index contributed by atoms with van der Waals surface area (Å²) in [6, 6.07) is 7.22. The molecule has 2 atom stereocenters. The van der Waals surface area contributed by atoms with Crippen molar-refractivity contribution >= 4 is 11.9 Å². The third-order valence-corrected chi connectivity index (χ3v) is 4.15. The smallest absolute Gasteiger partial charge is 0.317 e. The van der Waals surface area contributed by atoms with Crippen LogP contribution in [0.25, 0.3) is 0 Å². The zero-order valence-corrected chi connectivity index (χ0v) is 15.1. The second-order valence-corrected chi connectivity index (χ2v) is 6.80. The summed E-state index contributed by atoms with van der Waals surface area (Å²) < 4.78 is 6.12. The van der Waals surface area contributed by atoms with Gasteiger partial charge in [-0.3, -0.25) is 4.79 Å². The van der Waals surface area contributed by atoms with Crippen molar-refractivity contribution in [1.29, 1.82) is 0 Å². The summed E-state index contributed by atoms with van der Waals surface area (Å²) in [4.78, 5) is 28.0. The fourth-order valence-corrected chi connectivity index (χ4v) is 2.79. The lowest BCUT2D eigenvalue weighted by Crippen LogP contribution is -2.49. The highest BCUT2D eigenvalue weighted by atomic mass is 16.5. The molecule has 0 radical (unpaired) electrons. The van der Waals surface area contributed by atoms with Crippen LogP contribution in [0.3, 0.4) is 0 Å². The lowest BCUT2D eigenvalue weighted by molar-refractivity contribution is 0.0577. The van der Waals surface area contributed by atoms with E-state index in [9.17, 15) is 9.59 Å². The molecule has 2 rings (SSSR count). The van der Waals surface area contributed by atoms with E-state index >= 15 is 0 Å². The van der Waals surface area contributed by atoms with Gasteiger partial charge in [-0.2, -0.15) is 0 Å². The van der Waals surface area contributed by atoms with Gasteiger partial charge in [-0.15, -0.1) is 0 Å². The number of benzene rings is 1. The summed E-state index contributed by atoms with van der Waals surface area (Å²) in [7, 11) is 3.56. The maximum atomic E-state index is 12.5. The number of carbonyl (C=O) groups excluding carboxylic acids is 2. The van der Waals surface area contributed by atoms with Crippen molar-refractivity contribution < 1.29 is 14.3 Å². The largest absolute Gasteiger partial charge is 0.487 e. The van der Waals surface area contributed by atoms with Gasteiger partial charge in [0.15, 0.2) is 0 Å². The molecule has 132 valence electrons. The van der Waals surface area contributed by atoms with Gasteiger partial charge in [-0.1, -0.05) is 19.1 Å². The van der Waals surface area contributed by atoms with Crippen molar-refractivity contribution in [3.63, 3.8) is 0 Å². The highest BCUT2D eigenvalue weighted by Crippen LogP contribution is 2.26. The number of carbonyl (C=O) groups is 2. The first-order chi connectivity index (χ1) is 11.3. The SMILES string of the molecule is CC(C)NC(=O)N(C)C[C@H]1Oc2ccccc2C(=O)N(C)C[C@H]1C. The number of likely N-dealkylation sites (N-methyl/N-ethyl adjacent to an activating group) is 1. The molecular formula is C18H27N3O3. The van der Waals surface area contributed by atoms with E-state index in [1.54, 1.807) is 36.0 Å². The number of ether oxygens (including phenoxy) is 1. The van der Waals surface area contributed by atoms with Gasteiger partial charge < -0.3 is 19.9 Å². The molecular weight excluding hydrogens is 306 g/mol. The van der Waals surface area contributed by atoms with E-state index in [0.717, 1.165) is 0 Å². The predicted octanol–water partition coefficient (Wildman–Crippen LogP) is 2.21. The Kier molecular flexibility index (Phi) is 5.70. The maximum Gasteiger partial charge on any atom is 0.317 e. The zero-order valence-electron chi connectivity index (χ0n) is 15.1. The van der Waals surface area contributed by atoms with Crippen molar-refractivity contribution in [1.82, 2.24) is 15.1 Å². The molecule has 1 aromatic rings. The summed E-state index contributed by atoms with van der Waals surface area (Å²) in [5.41, 5.74) is 0.561. The number of urea groups is 1. The zero-order chi connectivity index (χ0) is 17.9. The average Bonchev–Trinajstić information content (AvgIpc) is 2.52. The van der Waals surface area contributed by atoms with Crippen LogP contribution in [0.15, 0.2) is 24.3 Å². The van der Waals surface area contributed by atoms with E-state index in [1.165, 1.54) is 0 Å². The van der Waals surface area contributed by atoms with Gasteiger partial charge >= 0.3 is 6.03 Å². The lowest BCUT2D eigenvalue weighted by atomic mass is 10.0. The van der Waals surface area contributed by atoms with Crippen LogP contribution >= 0.6 is 0 Å². The summed E-state index contributed by atoms with van der Waals surface area (Å²) in [5, 5.41) is 2.88. The highest BCUT2D eigenvalue weighted by molar-refractivity contribution is 5.96. The molecule has 1 N–H and O–H groups in total. The van der Waals surface area contributed by atoms with E-state index in [-0.39, 0.29) is 30.0 Å². The van der Waals surface area contributed by atoms with E-state index < -0.39 is 0 Å². The first-order valence-corrected chi connectivity index (χ1v) is 8.32. The predicted molar refractivity (Wildman–Crippen MR) is 93.3 cm³/mol. The molecule has 0 aliphatic carbocycles. The number of para-hydroxylation sites is 1. The third-order valence-electron chi connectivity index (χ3n) is 4.15. The van der Waals surface area contributed by atoms with E-state index in [0.29, 0.717) is 24.4 Å². The van der Waals surface area contributed by atoms with Crippen LogP contribution in [0.2, 0.25) is 0 Å². The van der Waals surface area contributed by atoms with Crippen LogP contribution < -0.4 is 10.1 Å². The number of nitrogens with zero attached hydrogens (tertiary/aromatic N) is 2. The number of fused-ring (bicyclic) bond motifs is 1. The molecule has 1 heterocycles. The fourth-order valence-electron chi connectivity index (χ4n) is 2.79. The standard InChI is InChI=1S/C18H27N3O3/c1-12(2)19-18(23)21(5)11-16-13(3)10-20(4)17(22)14-8-6-7-9-15(14)24-16/h6-9,12-13,16H,10-11H2,1-5H3,(H,19,23)/t13-,16-/m1/s1. The Morgan fingerprint density at radius 2 is 2.08 bits per heavy atom. The van der Waals surface area contributed by atoms with Gasteiger partial charge in [-0.05, 0) is 26.0 Å². The summed E-state index contributed by atoms with van der Waals surface area (Å²) >= 11 is 0. The van der Waals surface area contributed by atoms with Gasteiger partial charge in [0.05, 0.1) is 12.1 Å². The monoisotopic (exact) mass is 333 g/mol. The first-order valence-electron chi connectivity index (χ1n) is 8.32. The van der Waals surface area contributed by atoms with Crippen molar-refractivity contribution in [2.75, 3.05) is 27.2 Å². The normalized spacial score (nSPS) is 20.8. The van der Waals surface area contributed by atoms with Crippen LogP contribution in [-0.2, 0) is 0 Å². The minimum absolute atomic E-state index is 0.0400. The van der Waals surface area contributed by atoms with Crippen LogP contribution in [0.1, 0.15) is 31.1 Å². The highest BCUT2D eigenvalue weighted by Gasteiger charge is 2.30. The molecule has 6 nitrogen and oxygen atoms in total. The van der Waals surface area contributed by atoms with Crippen molar-refractivity contribution in [2.45, 2.75) is 32.9 Å². The van der Waals surface area contributed by atoms with Gasteiger partial charge in [0.1, 0.15) is 11.9 Å². The Hall–Kier alpha value is -2.24. The van der Waals surface area contributed by atoms with Crippen LogP contribution in [0.5, 0.6) is 5.75 Å². The molecule has 0 aromatic heterocycles. The van der Waals surface area contributed by atoms with E-state index in [4.69, 9.17) is 4.74 Å². The second-order valence-electron chi connectivity index (χ2n) is 6.80. The Balaban J connectivity index is 2.19. The lowest BCUT2D eigenvalue weighted by Gasteiger charge is -2.34. The number of hydrogen-bond acceptors (Lipinski definition) is 3. The second kappa shape index (κ2) is 7.55. The minimum atomic E-state index is -0.190. The summed E-state index contributed by atoms with van der Waals surface area (Å²) in [5.74, 6) is 0.631. The molecule has 1 aromatic carbocycles. The number of amides is 3. The summed E-state index contributed by atoms with van der Waals surface area (Å²) in [6.07, 6.45) is -0.190.